The van der Waals surface area contributed by atoms with Crippen LogP contribution in [0.3, 0.4) is 0 Å². The Balaban J connectivity index is 0.000000174. The van der Waals surface area contributed by atoms with Gasteiger partial charge in [-0.3, -0.25) is 0 Å². The molecule has 0 fully saturated rings. The first-order valence-corrected chi connectivity index (χ1v) is 21.2. The molecule has 0 atom stereocenters. The molecule has 0 unspecified atom stereocenters. The standard InChI is InChI=1S/C20H22.2C13H11N.4C2H6/c1-19(2)15-11-7-5-9-13(15)17-14-10-6-8-12-16(14)20(3,4)18(17)19;2*1-14-12-8-4-2-6-10(12)11-7-3-5-9-13(11)14;4*1-2/h5-12,17-18H,1-4H3;2*2-9H,1H3;4*1-2H3. The summed E-state index contributed by atoms with van der Waals surface area (Å²) in [5.74, 6) is 1.23. The van der Waals surface area contributed by atoms with Crippen molar-refractivity contribution in [1.82, 2.24) is 9.13 Å². The number of hydrogen-bond acceptors (Lipinski definition) is 0. The van der Waals surface area contributed by atoms with E-state index in [2.05, 4.69) is 197 Å². The molecule has 10 rings (SSSR count). The van der Waals surface area contributed by atoms with E-state index in [-0.39, 0.29) is 10.8 Å². The SMILES string of the molecule is CC.CC.CC.CC.CC1(C)c2ccccc2C2c3ccccc3C(C)(C)C21.Cn1c2ccccc2c2ccccc21.Cn1c2ccccc2c2ccccc21. The van der Waals surface area contributed by atoms with Crippen LogP contribution in [-0.2, 0) is 24.9 Å². The van der Waals surface area contributed by atoms with Crippen molar-refractivity contribution in [1.29, 1.82) is 0 Å². The first-order chi connectivity index (χ1) is 27.2. The topological polar surface area (TPSA) is 9.86 Å². The van der Waals surface area contributed by atoms with Crippen molar-refractivity contribution < 1.29 is 0 Å². The van der Waals surface area contributed by atoms with Gasteiger partial charge in [0.25, 0.3) is 0 Å². The van der Waals surface area contributed by atoms with Gasteiger partial charge in [0.2, 0.25) is 0 Å². The highest BCUT2D eigenvalue weighted by molar-refractivity contribution is 6.08. The molecule has 8 aromatic rings. The van der Waals surface area contributed by atoms with Gasteiger partial charge < -0.3 is 9.13 Å². The second kappa shape index (κ2) is 19.2. The monoisotopic (exact) mass is 745 g/mol. The molecule has 2 nitrogen and oxygen atoms in total. The molecule has 2 aliphatic rings. The number of aryl methyl sites for hydroxylation is 2. The van der Waals surface area contributed by atoms with Crippen molar-refractivity contribution in [3.8, 4) is 0 Å². The van der Waals surface area contributed by atoms with Crippen LogP contribution in [0, 0.1) is 5.92 Å². The van der Waals surface area contributed by atoms with Crippen LogP contribution in [0.4, 0.5) is 0 Å². The second-order valence-electron chi connectivity index (χ2n) is 14.8. The third kappa shape index (κ3) is 7.68. The van der Waals surface area contributed by atoms with Gasteiger partial charge in [-0.2, -0.15) is 0 Å². The van der Waals surface area contributed by atoms with Gasteiger partial charge in [0, 0.05) is 63.6 Å². The van der Waals surface area contributed by atoms with E-state index < -0.39 is 0 Å². The molecule has 2 heterocycles. The number of aromatic nitrogens is 2. The van der Waals surface area contributed by atoms with Gasteiger partial charge in [-0.25, -0.2) is 0 Å². The molecule has 294 valence electrons. The van der Waals surface area contributed by atoms with Gasteiger partial charge in [0.15, 0.2) is 0 Å². The summed E-state index contributed by atoms with van der Waals surface area (Å²) in [5, 5.41) is 5.35. The molecule has 6 aromatic carbocycles. The molecule has 56 heavy (non-hydrogen) atoms. The normalized spacial score (nSPS) is 16.0. The molecule has 0 bridgehead atoms. The van der Waals surface area contributed by atoms with Crippen molar-refractivity contribution >= 4 is 43.6 Å². The third-order valence-electron chi connectivity index (χ3n) is 11.5. The van der Waals surface area contributed by atoms with Crippen LogP contribution in [-0.4, -0.2) is 9.13 Å². The lowest BCUT2D eigenvalue weighted by molar-refractivity contribution is 0.227. The van der Waals surface area contributed by atoms with E-state index in [1.165, 1.54) is 43.6 Å². The van der Waals surface area contributed by atoms with Gasteiger partial charge in [0.1, 0.15) is 0 Å². The fourth-order valence-corrected chi connectivity index (χ4v) is 9.54. The minimum absolute atomic E-state index is 0.240. The molecule has 0 amide bonds. The summed E-state index contributed by atoms with van der Waals surface area (Å²) < 4.78 is 4.48. The molecule has 2 aliphatic carbocycles. The molecular formula is C54H68N2. The van der Waals surface area contributed by atoms with Crippen molar-refractivity contribution in [2.75, 3.05) is 0 Å². The zero-order valence-electron chi connectivity index (χ0n) is 36.9. The van der Waals surface area contributed by atoms with Gasteiger partial charge in [-0.15, -0.1) is 0 Å². The lowest BCUT2D eigenvalue weighted by Crippen LogP contribution is -2.37. The van der Waals surface area contributed by atoms with Crippen LogP contribution in [0.2, 0.25) is 0 Å². The predicted octanol–water partition coefficient (Wildman–Crippen LogP) is 15.8. The first kappa shape index (κ1) is 43.6. The summed E-state index contributed by atoms with van der Waals surface area (Å²) in [6.45, 7) is 25.7. The highest BCUT2D eigenvalue weighted by Gasteiger charge is 2.58. The van der Waals surface area contributed by atoms with E-state index in [9.17, 15) is 0 Å². The summed E-state index contributed by atoms with van der Waals surface area (Å²) >= 11 is 0. The molecule has 0 radical (unpaired) electrons. The molecule has 0 saturated carbocycles. The Morgan fingerprint density at radius 3 is 0.857 bits per heavy atom. The average Bonchev–Trinajstić information content (AvgIpc) is 3.91. The van der Waals surface area contributed by atoms with Gasteiger partial charge in [0.05, 0.1) is 0 Å². The Morgan fingerprint density at radius 1 is 0.339 bits per heavy atom. The zero-order valence-corrected chi connectivity index (χ0v) is 36.9. The zero-order chi connectivity index (χ0) is 41.2. The Hall–Kier alpha value is -5.08. The van der Waals surface area contributed by atoms with Crippen molar-refractivity contribution in [2.45, 2.75) is 99.8 Å². The van der Waals surface area contributed by atoms with Crippen LogP contribution < -0.4 is 0 Å². The smallest absolute Gasteiger partial charge is 0.0488 e. The van der Waals surface area contributed by atoms with Gasteiger partial charge in [-0.1, -0.05) is 204 Å². The Labute approximate surface area is 339 Å². The summed E-state index contributed by atoms with van der Waals surface area (Å²) in [6.07, 6.45) is 0. The third-order valence-corrected chi connectivity index (χ3v) is 11.5. The highest BCUT2D eigenvalue weighted by atomic mass is 14.9. The number of benzene rings is 6. The molecular weight excluding hydrogens is 677 g/mol. The van der Waals surface area contributed by atoms with Crippen LogP contribution in [0.25, 0.3) is 43.6 Å². The minimum atomic E-state index is 0.240. The maximum absolute atomic E-state index is 2.43. The molecule has 0 saturated heterocycles. The molecule has 0 spiro atoms. The fraction of sp³-hybridized carbons (Fsp3) is 0.333. The Bertz CT molecular complexity index is 2170. The molecule has 2 heteroatoms. The van der Waals surface area contributed by atoms with E-state index in [4.69, 9.17) is 0 Å². The van der Waals surface area contributed by atoms with Crippen molar-refractivity contribution in [3.63, 3.8) is 0 Å². The number of nitrogens with zero attached hydrogens (tertiary/aromatic N) is 2. The molecule has 0 N–H and O–H groups in total. The van der Waals surface area contributed by atoms with Crippen LogP contribution in [0.5, 0.6) is 0 Å². The fourth-order valence-electron chi connectivity index (χ4n) is 9.54. The van der Waals surface area contributed by atoms with Crippen molar-refractivity contribution in [3.05, 3.63) is 168 Å². The van der Waals surface area contributed by atoms with Gasteiger partial charge in [-0.05, 0) is 63.3 Å². The molecule has 0 aliphatic heterocycles. The van der Waals surface area contributed by atoms with E-state index in [1.807, 2.05) is 55.4 Å². The largest absolute Gasteiger partial charge is 0.344 e. The van der Waals surface area contributed by atoms with Crippen LogP contribution in [0.15, 0.2) is 146 Å². The predicted molar refractivity (Wildman–Crippen MR) is 251 cm³/mol. The van der Waals surface area contributed by atoms with Gasteiger partial charge >= 0.3 is 0 Å². The maximum Gasteiger partial charge on any atom is 0.0488 e. The van der Waals surface area contributed by atoms with Crippen LogP contribution in [0.1, 0.15) is 111 Å². The van der Waals surface area contributed by atoms with E-state index >= 15 is 0 Å². The summed E-state index contributed by atoms with van der Waals surface area (Å²) in [5.41, 5.74) is 11.9. The lowest BCUT2D eigenvalue weighted by Gasteiger charge is -2.38. The number of fused-ring (bicyclic) bond motifs is 11. The second-order valence-corrected chi connectivity index (χ2v) is 14.8. The first-order valence-electron chi connectivity index (χ1n) is 21.2. The average molecular weight is 745 g/mol. The summed E-state index contributed by atoms with van der Waals surface area (Å²) in [6, 6.07) is 52.2. The summed E-state index contributed by atoms with van der Waals surface area (Å²) in [7, 11) is 4.23. The van der Waals surface area contributed by atoms with E-state index in [0.717, 1.165) is 0 Å². The van der Waals surface area contributed by atoms with E-state index in [1.54, 1.807) is 22.3 Å². The number of para-hydroxylation sites is 4. The van der Waals surface area contributed by atoms with Crippen molar-refractivity contribution in [2.24, 2.45) is 20.0 Å². The maximum atomic E-state index is 2.43. The molecule has 2 aromatic heterocycles. The Morgan fingerprint density at radius 2 is 0.571 bits per heavy atom. The van der Waals surface area contributed by atoms with E-state index in [0.29, 0.717) is 11.8 Å². The minimum Gasteiger partial charge on any atom is -0.344 e. The summed E-state index contributed by atoms with van der Waals surface area (Å²) in [4.78, 5) is 0. The Kier molecular flexibility index (Phi) is 14.9. The quantitative estimate of drug-likeness (QED) is 0.146. The lowest BCUT2D eigenvalue weighted by atomic mass is 9.65. The highest BCUT2D eigenvalue weighted by Crippen LogP contribution is 2.65. The number of hydrogen-bond donors (Lipinski definition) is 0. The van der Waals surface area contributed by atoms with Crippen LogP contribution >= 0.6 is 0 Å². The number of rotatable bonds is 0.